The van der Waals surface area contributed by atoms with Crippen molar-refractivity contribution in [3.8, 4) is 0 Å². The lowest BCUT2D eigenvalue weighted by Gasteiger charge is -2.44. The number of piperazine rings is 1. The largest absolute Gasteiger partial charge is 0.405 e. The number of rotatable bonds is 4. The standard InChI is InChI=1S/C16H23F3N2/c1-3-13(2)21-10-9-20(12-15(21)16(17,18)19)11-14-7-5-4-6-8-14/h4-8,13,15H,3,9-12H2,1-2H3. The van der Waals surface area contributed by atoms with Crippen LogP contribution in [0.4, 0.5) is 13.2 Å². The summed E-state index contributed by atoms with van der Waals surface area (Å²) in [6.45, 7) is 5.63. The summed E-state index contributed by atoms with van der Waals surface area (Å²) in [7, 11) is 0. The molecule has 0 N–H and O–H groups in total. The summed E-state index contributed by atoms with van der Waals surface area (Å²) in [5.41, 5.74) is 1.07. The fourth-order valence-electron chi connectivity index (χ4n) is 2.89. The zero-order valence-electron chi connectivity index (χ0n) is 12.6. The predicted octanol–water partition coefficient (Wildman–Crippen LogP) is 3.53. The van der Waals surface area contributed by atoms with Crippen LogP contribution in [0.5, 0.6) is 0 Å². The number of benzene rings is 1. The number of halogens is 3. The molecule has 118 valence electrons. The summed E-state index contributed by atoms with van der Waals surface area (Å²) in [5, 5.41) is 0. The van der Waals surface area contributed by atoms with E-state index in [2.05, 4.69) is 0 Å². The van der Waals surface area contributed by atoms with Gasteiger partial charge in [0.1, 0.15) is 6.04 Å². The number of nitrogens with zero attached hydrogens (tertiary/aromatic N) is 2. The van der Waals surface area contributed by atoms with Crippen molar-refractivity contribution >= 4 is 0 Å². The normalized spacial score (nSPS) is 23.2. The van der Waals surface area contributed by atoms with Crippen molar-refractivity contribution in [3.63, 3.8) is 0 Å². The van der Waals surface area contributed by atoms with Gasteiger partial charge >= 0.3 is 6.18 Å². The Morgan fingerprint density at radius 1 is 1.19 bits per heavy atom. The molecule has 1 aliphatic heterocycles. The van der Waals surface area contributed by atoms with Crippen LogP contribution < -0.4 is 0 Å². The van der Waals surface area contributed by atoms with Crippen LogP contribution in [-0.4, -0.2) is 47.7 Å². The third kappa shape index (κ3) is 4.20. The molecule has 1 fully saturated rings. The van der Waals surface area contributed by atoms with Crippen molar-refractivity contribution in [2.24, 2.45) is 0 Å². The summed E-state index contributed by atoms with van der Waals surface area (Å²) in [6, 6.07) is 8.30. The van der Waals surface area contributed by atoms with Crippen LogP contribution in [0, 0.1) is 0 Å². The van der Waals surface area contributed by atoms with Gasteiger partial charge in [-0.1, -0.05) is 37.3 Å². The molecule has 0 aromatic heterocycles. The van der Waals surface area contributed by atoms with E-state index in [-0.39, 0.29) is 12.6 Å². The molecular formula is C16H23F3N2. The maximum absolute atomic E-state index is 13.3. The van der Waals surface area contributed by atoms with Crippen molar-refractivity contribution in [2.75, 3.05) is 19.6 Å². The predicted molar refractivity (Wildman–Crippen MR) is 78.0 cm³/mol. The smallest absolute Gasteiger partial charge is 0.296 e. The molecule has 1 aliphatic rings. The molecule has 2 atom stereocenters. The highest BCUT2D eigenvalue weighted by molar-refractivity contribution is 5.14. The molecule has 0 spiro atoms. The van der Waals surface area contributed by atoms with Crippen LogP contribution in [0.15, 0.2) is 30.3 Å². The van der Waals surface area contributed by atoms with E-state index in [1.54, 1.807) is 4.90 Å². The maximum Gasteiger partial charge on any atom is 0.405 e. The zero-order chi connectivity index (χ0) is 15.5. The quantitative estimate of drug-likeness (QED) is 0.839. The lowest BCUT2D eigenvalue weighted by molar-refractivity contribution is -0.203. The molecule has 5 heteroatoms. The van der Waals surface area contributed by atoms with E-state index < -0.39 is 12.2 Å². The minimum Gasteiger partial charge on any atom is -0.296 e. The van der Waals surface area contributed by atoms with E-state index in [9.17, 15) is 13.2 Å². The molecule has 2 unspecified atom stereocenters. The molecule has 1 heterocycles. The molecular weight excluding hydrogens is 277 g/mol. The summed E-state index contributed by atoms with van der Waals surface area (Å²) < 4.78 is 40.0. The first-order valence-corrected chi connectivity index (χ1v) is 7.50. The summed E-state index contributed by atoms with van der Waals surface area (Å²) in [5.74, 6) is 0. The number of alkyl halides is 3. The van der Waals surface area contributed by atoms with Gasteiger partial charge in [-0.2, -0.15) is 13.2 Å². The van der Waals surface area contributed by atoms with Gasteiger partial charge in [-0.25, -0.2) is 0 Å². The first kappa shape index (κ1) is 16.3. The van der Waals surface area contributed by atoms with Gasteiger partial charge in [0, 0.05) is 32.2 Å². The topological polar surface area (TPSA) is 6.48 Å². The molecule has 2 nitrogen and oxygen atoms in total. The van der Waals surface area contributed by atoms with E-state index in [4.69, 9.17) is 0 Å². The number of hydrogen-bond acceptors (Lipinski definition) is 2. The van der Waals surface area contributed by atoms with Crippen molar-refractivity contribution < 1.29 is 13.2 Å². The average Bonchev–Trinajstić information content (AvgIpc) is 2.46. The van der Waals surface area contributed by atoms with Gasteiger partial charge in [-0.15, -0.1) is 0 Å². The Balaban J connectivity index is 2.06. The monoisotopic (exact) mass is 300 g/mol. The van der Waals surface area contributed by atoms with Gasteiger partial charge in [0.15, 0.2) is 0 Å². The number of hydrogen-bond donors (Lipinski definition) is 0. The third-order valence-electron chi connectivity index (χ3n) is 4.29. The third-order valence-corrected chi connectivity index (χ3v) is 4.29. The van der Waals surface area contributed by atoms with Crippen LogP contribution in [0.1, 0.15) is 25.8 Å². The highest BCUT2D eigenvalue weighted by atomic mass is 19.4. The van der Waals surface area contributed by atoms with Gasteiger partial charge < -0.3 is 0 Å². The van der Waals surface area contributed by atoms with Gasteiger partial charge in [0.2, 0.25) is 0 Å². The van der Waals surface area contributed by atoms with E-state index in [1.807, 2.05) is 49.1 Å². The molecule has 0 bridgehead atoms. The highest BCUT2D eigenvalue weighted by Gasteiger charge is 2.47. The van der Waals surface area contributed by atoms with Crippen molar-refractivity contribution in [1.29, 1.82) is 0 Å². The summed E-state index contributed by atoms with van der Waals surface area (Å²) in [4.78, 5) is 3.52. The highest BCUT2D eigenvalue weighted by Crippen LogP contribution is 2.30. The summed E-state index contributed by atoms with van der Waals surface area (Å²) >= 11 is 0. The minimum absolute atomic E-state index is 0.0319. The lowest BCUT2D eigenvalue weighted by Crippen LogP contribution is -2.60. The first-order chi connectivity index (χ1) is 9.91. The Kier molecular flexibility index (Phi) is 5.27. The Bertz CT molecular complexity index is 433. The second kappa shape index (κ2) is 6.79. The maximum atomic E-state index is 13.3. The fraction of sp³-hybridized carbons (Fsp3) is 0.625. The Hall–Kier alpha value is -1.07. The molecule has 0 radical (unpaired) electrons. The minimum atomic E-state index is -4.17. The van der Waals surface area contributed by atoms with E-state index in [0.29, 0.717) is 19.6 Å². The van der Waals surface area contributed by atoms with Crippen molar-refractivity contribution in [1.82, 2.24) is 9.80 Å². The zero-order valence-corrected chi connectivity index (χ0v) is 12.6. The molecule has 1 saturated heterocycles. The van der Waals surface area contributed by atoms with Gasteiger partial charge in [-0.05, 0) is 18.9 Å². The molecule has 1 aromatic rings. The second-order valence-electron chi connectivity index (χ2n) is 5.77. The first-order valence-electron chi connectivity index (χ1n) is 7.50. The molecule has 0 amide bonds. The van der Waals surface area contributed by atoms with Crippen LogP contribution >= 0.6 is 0 Å². The molecule has 2 rings (SSSR count). The lowest BCUT2D eigenvalue weighted by atomic mass is 10.1. The molecule has 0 saturated carbocycles. The van der Waals surface area contributed by atoms with E-state index in [0.717, 1.165) is 12.0 Å². The van der Waals surface area contributed by atoms with Gasteiger partial charge in [0.25, 0.3) is 0 Å². The Labute approximate surface area is 124 Å². The van der Waals surface area contributed by atoms with Crippen LogP contribution in [0.3, 0.4) is 0 Å². The van der Waals surface area contributed by atoms with Gasteiger partial charge in [0.05, 0.1) is 0 Å². The summed E-state index contributed by atoms with van der Waals surface area (Å²) in [6.07, 6.45) is -3.43. The Morgan fingerprint density at radius 3 is 2.43 bits per heavy atom. The van der Waals surface area contributed by atoms with Gasteiger partial charge in [-0.3, -0.25) is 9.80 Å². The average molecular weight is 300 g/mol. The van der Waals surface area contributed by atoms with Crippen LogP contribution in [0.2, 0.25) is 0 Å². The molecule has 1 aromatic carbocycles. The van der Waals surface area contributed by atoms with E-state index >= 15 is 0 Å². The van der Waals surface area contributed by atoms with Crippen molar-refractivity contribution in [2.45, 2.75) is 45.1 Å². The second-order valence-corrected chi connectivity index (χ2v) is 5.77. The molecule has 0 aliphatic carbocycles. The van der Waals surface area contributed by atoms with Crippen molar-refractivity contribution in [3.05, 3.63) is 35.9 Å². The Morgan fingerprint density at radius 2 is 1.86 bits per heavy atom. The SMILES string of the molecule is CCC(C)N1CCN(Cc2ccccc2)CC1C(F)(F)F. The molecule has 21 heavy (non-hydrogen) atoms. The van der Waals surface area contributed by atoms with Crippen LogP contribution in [-0.2, 0) is 6.54 Å². The van der Waals surface area contributed by atoms with Crippen LogP contribution in [0.25, 0.3) is 0 Å². The van der Waals surface area contributed by atoms with E-state index in [1.165, 1.54) is 0 Å². The fourth-order valence-corrected chi connectivity index (χ4v) is 2.89.